The van der Waals surface area contributed by atoms with Gasteiger partial charge in [-0.15, -0.1) is 0 Å². The molecular formula is C3H5FNO. The highest BCUT2D eigenvalue weighted by Gasteiger charge is 2.01. The molecule has 0 rings (SSSR count). The van der Waals surface area contributed by atoms with E-state index >= 15 is 0 Å². The van der Waals surface area contributed by atoms with E-state index in [4.69, 9.17) is 5.73 Å². The van der Waals surface area contributed by atoms with Gasteiger partial charge in [0.1, 0.15) is 0 Å². The Morgan fingerprint density at radius 2 is 2.17 bits per heavy atom. The lowest BCUT2D eigenvalue weighted by Gasteiger charge is -1.85. The van der Waals surface area contributed by atoms with Gasteiger partial charge < -0.3 is 0 Å². The maximum atomic E-state index is 11.1. The number of hydrogen-bond acceptors (Lipinski definition) is 1. The molecule has 1 radical (unpaired) electrons. The minimum absolute atomic E-state index is 0.741. The topological polar surface area (TPSA) is 40.9 Å². The van der Waals surface area contributed by atoms with E-state index in [1.165, 1.54) is 0 Å². The summed E-state index contributed by atoms with van der Waals surface area (Å²) in [7, 11) is 0. The Balaban J connectivity index is 3.26. The molecule has 0 spiro atoms. The van der Waals surface area contributed by atoms with Crippen molar-refractivity contribution in [3.05, 3.63) is 0 Å². The normalized spacial score (nSPS) is 13.8. The molecule has 1 N–H and O–H groups in total. The van der Waals surface area contributed by atoms with E-state index in [-0.39, 0.29) is 0 Å². The van der Waals surface area contributed by atoms with E-state index < -0.39 is 12.1 Å². The molecule has 0 saturated heterocycles. The van der Waals surface area contributed by atoms with Crippen LogP contribution >= 0.6 is 0 Å². The van der Waals surface area contributed by atoms with Gasteiger partial charge in [0.15, 0.2) is 5.78 Å². The molecule has 0 aliphatic heterocycles. The molecule has 35 valence electrons. The predicted octanol–water partition coefficient (Wildman–Crippen LogP) is 0.154. The minimum Gasteiger partial charge on any atom is -0.295 e. The van der Waals surface area contributed by atoms with E-state index in [1.807, 2.05) is 0 Å². The fraction of sp³-hybridized carbons (Fsp3) is 0.667. The zero-order valence-corrected chi connectivity index (χ0v) is 3.36. The fourth-order valence-electron chi connectivity index (χ4n) is 0. The van der Waals surface area contributed by atoms with E-state index in [2.05, 4.69) is 0 Å². The molecule has 0 saturated carbocycles. The van der Waals surface area contributed by atoms with Gasteiger partial charge in [-0.25, -0.2) is 10.1 Å². The van der Waals surface area contributed by atoms with Gasteiger partial charge in [-0.05, 0) is 6.92 Å². The van der Waals surface area contributed by atoms with Gasteiger partial charge >= 0.3 is 0 Å². The zero-order chi connectivity index (χ0) is 5.15. The van der Waals surface area contributed by atoms with Crippen LogP contribution in [0, 0.1) is 0 Å². The number of carbonyl (C=O) groups is 1. The van der Waals surface area contributed by atoms with Gasteiger partial charge in [-0.3, -0.25) is 4.79 Å². The summed E-state index contributed by atoms with van der Waals surface area (Å²) in [6.07, 6.45) is -2.04. The number of alkyl halides is 1. The van der Waals surface area contributed by atoms with Crippen LogP contribution in [-0.4, -0.2) is 12.1 Å². The molecule has 3 heteroatoms. The smallest absolute Gasteiger partial charge is 0.221 e. The Morgan fingerprint density at radius 1 is 2.00 bits per heavy atom. The number of rotatable bonds is 1. The van der Waals surface area contributed by atoms with Crippen molar-refractivity contribution in [2.75, 3.05) is 0 Å². The van der Waals surface area contributed by atoms with Gasteiger partial charge in [-0.2, -0.15) is 0 Å². The van der Waals surface area contributed by atoms with Gasteiger partial charge in [0, 0.05) is 0 Å². The van der Waals surface area contributed by atoms with Crippen LogP contribution in [0.2, 0.25) is 0 Å². The fourth-order valence-corrected chi connectivity index (χ4v) is 0. The second-order valence-corrected chi connectivity index (χ2v) is 0.973. The lowest BCUT2D eigenvalue weighted by atomic mass is 10.4. The van der Waals surface area contributed by atoms with Crippen molar-refractivity contribution in [1.29, 1.82) is 0 Å². The Morgan fingerprint density at radius 3 is 2.17 bits per heavy atom. The summed E-state index contributed by atoms with van der Waals surface area (Å²) in [5.41, 5.74) is 6.02. The standard InChI is InChI=1S/C3H5FNO/c1-2(6)3(4)5/h3,5H,1H3. The third kappa shape index (κ3) is 1.84. The first-order chi connectivity index (χ1) is 2.64. The summed E-state index contributed by atoms with van der Waals surface area (Å²) in [6, 6.07) is 0. The van der Waals surface area contributed by atoms with Crippen molar-refractivity contribution in [3.63, 3.8) is 0 Å². The van der Waals surface area contributed by atoms with Crippen LogP contribution in [0.15, 0.2) is 0 Å². The average molecular weight is 90.1 g/mol. The Kier molecular flexibility index (Phi) is 1.73. The lowest BCUT2D eigenvalue weighted by molar-refractivity contribution is -0.121. The summed E-state index contributed by atoms with van der Waals surface area (Å²) in [4.78, 5) is 9.58. The molecule has 1 unspecified atom stereocenters. The molecule has 0 aliphatic rings. The van der Waals surface area contributed by atoms with Crippen molar-refractivity contribution in [2.45, 2.75) is 13.2 Å². The number of carbonyl (C=O) groups excluding carboxylic acids is 1. The molecule has 0 aromatic heterocycles. The number of hydrogen-bond donors (Lipinski definition) is 0. The van der Waals surface area contributed by atoms with E-state index in [1.54, 1.807) is 0 Å². The van der Waals surface area contributed by atoms with Crippen molar-refractivity contribution < 1.29 is 9.18 Å². The van der Waals surface area contributed by atoms with E-state index in [0.717, 1.165) is 6.92 Å². The Labute approximate surface area is 35.1 Å². The molecule has 1 atom stereocenters. The number of nitrogens with one attached hydrogen (secondary N) is 1. The predicted molar refractivity (Wildman–Crippen MR) is 18.7 cm³/mol. The molecule has 2 nitrogen and oxygen atoms in total. The van der Waals surface area contributed by atoms with Crippen molar-refractivity contribution >= 4 is 5.78 Å². The van der Waals surface area contributed by atoms with Crippen molar-refractivity contribution in [1.82, 2.24) is 5.73 Å². The molecular weight excluding hydrogens is 85.0 g/mol. The van der Waals surface area contributed by atoms with Gasteiger partial charge in [0.05, 0.1) is 0 Å². The molecule has 6 heavy (non-hydrogen) atoms. The van der Waals surface area contributed by atoms with E-state index in [0.29, 0.717) is 0 Å². The largest absolute Gasteiger partial charge is 0.295 e. The highest BCUT2D eigenvalue weighted by molar-refractivity contribution is 5.79. The first-order valence-corrected chi connectivity index (χ1v) is 1.50. The summed E-state index contributed by atoms with van der Waals surface area (Å²) in [5.74, 6) is -0.741. The second-order valence-electron chi connectivity index (χ2n) is 0.973. The molecule has 0 heterocycles. The molecule has 0 aromatic carbocycles. The van der Waals surface area contributed by atoms with Crippen molar-refractivity contribution in [2.24, 2.45) is 0 Å². The Hall–Kier alpha value is -0.440. The molecule has 0 aliphatic carbocycles. The minimum atomic E-state index is -2.04. The monoisotopic (exact) mass is 90.0 g/mol. The summed E-state index contributed by atoms with van der Waals surface area (Å²) in [5, 5.41) is 0. The summed E-state index contributed by atoms with van der Waals surface area (Å²) in [6.45, 7) is 1.04. The SMILES string of the molecule is CC(=O)C([NH])F. The van der Waals surface area contributed by atoms with Crippen LogP contribution in [0.25, 0.3) is 0 Å². The molecule has 0 fully saturated rings. The van der Waals surface area contributed by atoms with Gasteiger partial charge in [0.2, 0.25) is 6.30 Å². The first-order valence-electron chi connectivity index (χ1n) is 1.50. The number of Topliss-reactive ketones (excluding diaryl/α,β-unsaturated/α-hetero) is 1. The summed E-state index contributed by atoms with van der Waals surface area (Å²) < 4.78 is 11.1. The number of halogens is 1. The van der Waals surface area contributed by atoms with Crippen molar-refractivity contribution in [3.8, 4) is 0 Å². The average Bonchev–Trinajstić information content (AvgIpc) is 1.36. The van der Waals surface area contributed by atoms with E-state index in [9.17, 15) is 9.18 Å². The van der Waals surface area contributed by atoms with Crippen LogP contribution in [0.4, 0.5) is 4.39 Å². The number of ketones is 1. The highest BCUT2D eigenvalue weighted by atomic mass is 19.1. The molecule has 0 bridgehead atoms. The first kappa shape index (κ1) is 5.56. The zero-order valence-electron chi connectivity index (χ0n) is 3.36. The lowest BCUT2D eigenvalue weighted by Crippen LogP contribution is -2.10. The maximum absolute atomic E-state index is 11.1. The third-order valence-corrected chi connectivity index (χ3v) is 0.357. The van der Waals surface area contributed by atoms with Crippen LogP contribution in [0.3, 0.4) is 0 Å². The molecule has 0 amide bonds. The molecule has 0 aromatic rings. The van der Waals surface area contributed by atoms with Crippen LogP contribution in [0.1, 0.15) is 6.92 Å². The van der Waals surface area contributed by atoms with Crippen LogP contribution < -0.4 is 5.73 Å². The van der Waals surface area contributed by atoms with Crippen LogP contribution in [0.5, 0.6) is 0 Å². The van der Waals surface area contributed by atoms with Crippen LogP contribution in [-0.2, 0) is 4.79 Å². The Bertz CT molecular complexity index is 61.8. The highest BCUT2D eigenvalue weighted by Crippen LogP contribution is 1.79. The maximum Gasteiger partial charge on any atom is 0.221 e. The van der Waals surface area contributed by atoms with Gasteiger partial charge in [-0.1, -0.05) is 0 Å². The second kappa shape index (κ2) is 1.87. The third-order valence-electron chi connectivity index (χ3n) is 0.357. The quantitative estimate of drug-likeness (QED) is 0.422. The van der Waals surface area contributed by atoms with Gasteiger partial charge in [0.25, 0.3) is 0 Å². The summed E-state index contributed by atoms with van der Waals surface area (Å²) >= 11 is 0.